The molecule has 0 spiro atoms. The van der Waals surface area contributed by atoms with Crippen molar-refractivity contribution in [1.29, 1.82) is 0 Å². The number of ether oxygens (including phenoxy) is 1. The van der Waals surface area contributed by atoms with E-state index in [4.69, 9.17) is 4.74 Å². The first-order valence-electron chi connectivity index (χ1n) is 10.9. The van der Waals surface area contributed by atoms with Crippen molar-refractivity contribution in [2.45, 2.75) is 26.7 Å². The largest absolute Gasteiger partial charge is 0.379 e. The summed E-state index contributed by atoms with van der Waals surface area (Å²) >= 11 is 0. The Balaban J connectivity index is 1.40. The van der Waals surface area contributed by atoms with E-state index in [1.54, 1.807) is 9.80 Å². The number of hydrogen-bond acceptors (Lipinski definition) is 6. The number of aromatic amines is 1. The normalized spacial score (nSPS) is 21.7. The minimum absolute atomic E-state index is 0.0000932. The molecule has 2 fully saturated rings. The second-order valence-corrected chi connectivity index (χ2v) is 9.41. The number of amides is 2. The van der Waals surface area contributed by atoms with Crippen molar-refractivity contribution in [3.05, 3.63) is 33.2 Å². The summed E-state index contributed by atoms with van der Waals surface area (Å²) in [5, 5.41) is 0. The average molecular weight is 431 g/mol. The Bertz CT molecular complexity index is 940. The van der Waals surface area contributed by atoms with Crippen LogP contribution in [0.2, 0.25) is 0 Å². The fourth-order valence-electron chi connectivity index (χ4n) is 4.57. The molecule has 2 amide bonds. The van der Waals surface area contributed by atoms with E-state index in [1.807, 2.05) is 13.8 Å². The number of carbonyl (C=O) groups is 3. The second-order valence-electron chi connectivity index (χ2n) is 9.41. The highest BCUT2D eigenvalue weighted by Crippen LogP contribution is 2.33. The zero-order valence-electron chi connectivity index (χ0n) is 18.2. The molecular weight excluding hydrogens is 400 g/mol. The summed E-state index contributed by atoms with van der Waals surface area (Å²) in [7, 11) is 0. The molecule has 0 saturated carbocycles. The Morgan fingerprint density at radius 3 is 2.32 bits per heavy atom. The lowest BCUT2D eigenvalue weighted by Gasteiger charge is -2.36. The Labute approximate surface area is 181 Å². The van der Waals surface area contributed by atoms with Gasteiger partial charge < -0.3 is 19.5 Å². The van der Waals surface area contributed by atoms with Gasteiger partial charge in [-0.25, -0.2) is 0 Å². The van der Waals surface area contributed by atoms with Gasteiger partial charge in [0, 0.05) is 56.9 Å². The first-order chi connectivity index (χ1) is 14.7. The number of carbonyl (C=O) groups excluding carboxylic acids is 3. The number of aromatic nitrogens is 1. The first-order valence-corrected chi connectivity index (χ1v) is 10.9. The third kappa shape index (κ3) is 4.72. The van der Waals surface area contributed by atoms with Gasteiger partial charge in [0.05, 0.1) is 19.8 Å². The van der Waals surface area contributed by atoms with Gasteiger partial charge in [0.25, 0.3) is 11.5 Å². The van der Waals surface area contributed by atoms with Crippen LogP contribution in [0, 0.1) is 5.41 Å². The lowest BCUT2D eigenvalue weighted by molar-refractivity contribution is -0.134. The number of morpholine rings is 1. The molecular formula is C22H30N4O5. The number of rotatable bonds is 3. The molecule has 31 heavy (non-hydrogen) atoms. The molecule has 1 aliphatic carbocycles. The highest BCUT2D eigenvalue weighted by Gasteiger charge is 2.34. The number of pyridine rings is 1. The summed E-state index contributed by atoms with van der Waals surface area (Å²) < 4.78 is 5.31. The summed E-state index contributed by atoms with van der Waals surface area (Å²) in [6.45, 7) is 8.74. The third-order valence-corrected chi connectivity index (χ3v) is 6.33. The second kappa shape index (κ2) is 8.55. The molecule has 0 atom stereocenters. The van der Waals surface area contributed by atoms with E-state index in [1.165, 1.54) is 6.07 Å². The number of nitrogens with one attached hydrogen (secondary N) is 1. The fourth-order valence-corrected chi connectivity index (χ4v) is 4.57. The number of ketones is 1. The van der Waals surface area contributed by atoms with Gasteiger partial charge in [0.2, 0.25) is 5.91 Å². The van der Waals surface area contributed by atoms with Crippen LogP contribution in [0.3, 0.4) is 0 Å². The van der Waals surface area contributed by atoms with Gasteiger partial charge >= 0.3 is 0 Å². The van der Waals surface area contributed by atoms with Gasteiger partial charge in [-0.3, -0.25) is 24.1 Å². The Morgan fingerprint density at radius 1 is 1.00 bits per heavy atom. The van der Waals surface area contributed by atoms with E-state index >= 15 is 0 Å². The molecule has 168 valence electrons. The third-order valence-electron chi connectivity index (χ3n) is 6.33. The van der Waals surface area contributed by atoms with Crippen LogP contribution < -0.4 is 5.56 Å². The molecule has 0 radical (unpaired) electrons. The maximum Gasteiger partial charge on any atom is 0.261 e. The van der Waals surface area contributed by atoms with Crippen molar-refractivity contribution >= 4 is 17.6 Å². The van der Waals surface area contributed by atoms with E-state index in [-0.39, 0.29) is 28.6 Å². The number of hydrogen-bond donors (Lipinski definition) is 1. The van der Waals surface area contributed by atoms with Gasteiger partial charge in [-0.1, -0.05) is 13.8 Å². The molecule has 0 bridgehead atoms. The topological polar surface area (TPSA) is 103 Å². The van der Waals surface area contributed by atoms with Crippen molar-refractivity contribution in [3.63, 3.8) is 0 Å². The van der Waals surface area contributed by atoms with Crippen LogP contribution in [0.15, 0.2) is 10.9 Å². The van der Waals surface area contributed by atoms with E-state index < -0.39 is 5.56 Å². The molecule has 9 heteroatoms. The highest BCUT2D eigenvalue weighted by atomic mass is 16.5. The molecule has 1 aromatic rings. The maximum absolute atomic E-state index is 13.0. The molecule has 3 heterocycles. The SMILES string of the molecule is CC1(C)CC(=O)c2cc(C(=O)N3CCN(C(=O)CN4CCOCC4)CC3)c(=O)[nH]c2C1. The van der Waals surface area contributed by atoms with Crippen molar-refractivity contribution in [3.8, 4) is 0 Å². The first kappa shape index (κ1) is 21.7. The minimum Gasteiger partial charge on any atom is -0.379 e. The molecule has 1 aromatic heterocycles. The average Bonchev–Trinajstić information content (AvgIpc) is 2.73. The van der Waals surface area contributed by atoms with Crippen molar-refractivity contribution in [1.82, 2.24) is 19.7 Å². The molecule has 2 aliphatic heterocycles. The van der Waals surface area contributed by atoms with Crippen LogP contribution in [-0.2, 0) is 16.0 Å². The molecule has 3 aliphatic rings. The van der Waals surface area contributed by atoms with Crippen molar-refractivity contribution < 1.29 is 19.1 Å². The van der Waals surface area contributed by atoms with Crippen LogP contribution in [-0.4, -0.2) is 96.3 Å². The zero-order chi connectivity index (χ0) is 22.2. The Hall–Kier alpha value is -2.52. The highest BCUT2D eigenvalue weighted by molar-refractivity contribution is 6.02. The number of nitrogens with zero attached hydrogens (tertiary/aromatic N) is 3. The molecule has 0 aromatic carbocycles. The van der Waals surface area contributed by atoms with Gasteiger partial charge in [-0.2, -0.15) is 0 Å². The van der Waals surface area contributed by atoms with Crippen LogP contribution in [0.25, 0.3) is 0 Å². The molecule has 1 N–H and O–H groups in total. The number of piperazine rings is 1. The van der Waals surface area contributed by atoms with Crippen LogP contribution in [0.1, 0.15) is 46.7 Å². The van der Waals surface area contributed by atoms with Crippen molar-refractivity contribution in [2.24, 2.45) is 5.41 Å². The van der Waals surface area contributed by atoms with Crippen molar-refractivity contribution in [2.75, 3.05) is 59.0 Å². The number of fused-ring (bicyclic) bond motifs is 1. The van der Waals surface area contributed by atoms with Gasteiger partial charge in [-0.05, 0) is 17.9 Å². The minimum atomic E-state index is -0.458. The van der Waals surface area contributed by atoms with Gasteiger partial charge in [-0.15, -0.1) is 0 Å². The van der Waals surface area contributed by atoms with E-state index in [0.717, 1.165) is 13.1 Å². The number of Topliss-reactive ketones (excluding diaryl/α,β-unsaturated/α-hetero) is 1. The van der Waals surface area contributed by atoms with Crippen LogP contribution >= 0.6 is 0 Å². The molecule has 4 rings (SSSR count). The molecule has 0 unspecified atom stereocenters. The van der Waals surface area contributed by atoms with Crippen LogP contribution in [0.4, 0.5) is 0 Å². The standard InChI is InChI=1S/C22H30N4O5/c1-22(2)12-17-15(18(27)13-22)11-16(20(29)23-17)21(30)26-5-3-25(4-6-26)19(28)14-24-7-9-31-10-8-24/h11H,3-10,12-14H2,1-2H3,(H,23,29). The fraction of sp³-hybridized carbons (Fsp3) is 0.636. The van der Waals surface area contributed by atoms with Gasteiger partial charge in [0.1, 0.15) is 5.56 Å². The lowest BCUT2D eigenvalue weighted by atomic mass is 9.75. The van der Waals surface area contributed by atoms with E-state index in [9.17, 15) is 19.2 Å². The molecule has 2 saturated heterocycles. The summed E-state index contributed by atoms with van der Waals surface area (Å²) in [5.41, 5.74) is 0.394. The van der Waals surface area contributed by atoms with E-state index in [2.05, 4.69) is 9.88 Å². The maximum atomic E-state index is 13.0. The summed E-state index contributed by atoms with van der Waals surface area (Å²) in [6.07, 6.45) is 0.991. The van der Waals surface area contributed by atoms with Gasteiger partial charge in [0.15, 0.2) is 5.78 Å². The monoisotopic (exact) mass is 430 g/mol. The predicted octanol–water partition coefficient (Wildman–Crippen LogP) is 0.147. The predicted molar refractivity (Wildman–Crippen MR) is 113 cm³/mol. The quantitative estimate of drug-likeness (QED) is 0.732. The van der Waals surface area contributed by atoms with Crippen LogP contribution in [0.5, 0.6) is 0 Å². The zero-order valence-corrected chi connectivity index (χ0v) is 18.2. The summed E-state index contributed by atoms with van der Waals surface area (Å²) in [5.74, 6) is -0.383. The summed E-state index contributed by atoms with van der Waals surface area (Å²) in [6, 6.07) is 1.46. The smallest absolute Gasteiger partial charge is 0.261 e. The number of H-pyrrole nitrogens is 1. The van der Waals surface area contributed by atoms with E-state index in [0.29, 0.717) is 70.0 Å². The Morgan fingerprint density at radius 2 is 1.65 bits per heavy atom. The Kier molecular flexibility index (Phi) is 5.98. The summed E-state index contributed by atoms with van der Waals surface area (Å²) in [4.78, 5) is 58.9. The lowest BCUT2D eigenvalue weighted by Crippen LogP contribution is -2.53. The molecule has 9 nitrogen and oxygen atoms in total.